The van der Waals surface area contributed by atoms with Crippen LogP contribution in [0.15, 0.2) is 30.3 Å². The molecule has 0 amide bonds. The lowest BCUT2D eigenvalue weighted by Gasteiger charge is -2.34. The van der Waals surface area contributed by atoms with E-state index in [0.29, 0.717) is 17.9 Å². The minimum Gasteiger partial charge on any atom is -0.393 e. The maximum Gasteiger partial charge on any atom is 0.0576 e. The van der Waals surface area contributed by atoms with Gasteiger partial charge in [0.15, 0.2) is 0 Å². The number of aliphatic hydroxyl groups is 1. The zero-order valence-electron chi connectivity index (χ0n) is 12.9. The second-order valence-corrected chi connectivity index (χ2v) is 6.81. The fourth-order valence-corrected chi connectivity index (χ4v) is 4.07. The lowest BCUT2D eigenvalue weighted by Crippen LogP contribution is -2.28. The third kappa shape index (κ3) is 4.08. The van der Waals surface area contributed by atoms with Gasteiger partial charge in [0.1, 0.15) is 0 Å². The molecule has 21 heavy (non-hydrogen) atoms. The molecule has 116 valence electrons. The zero-order chi connectivity index (χ0) is 14.5. The first kappa shape index (κ1) is 15.1. The second-order valence-electron chi connectivity index (χ2n) is 6.81. The highest BCUT2D eigenvalue weighted by Gasteiger charge is 2.29. The van der Waals surface area contributed by atoms with Crippen LogP contribution in [0.3, 0.4) is 0 Å². The summed E-state index contributed by atoms with van der Waals surface area (Å²) in [7, 11) is 0. The molecule has 0 aromatic heterocycles. The standard InChI is InChI=1S/C19H28O2/c20-19-12-11-16(15-6-2-1-3-7-15)14-17(19)8-4-9-18-10-5-13-21-18/h1-3,6-7,16-20H,4-5,8-14H2. The van der Waals surface area contributed by atoms with E-state index in [9.17, 15) is 5.11 Å². The van der Waals surface area contributed by atoms with Gasteiger partial charge >= 0.3 is 0 Å². The third-order valence-electron chi connectivity index (χ3n) is 5.34. The topological polar surface area (TPSA) is 29.5 Å². The van der Waals surface area contributed by atoms with Crippen LogP contribution in [0.2, 0.25) is 0 Å². The average molecular weight is 288 g/mol. The Morgan fingerprint density at radius 1 is 1.05 bits per heavy atom. The van der Waals surface area contributed by atoms with Gasteiger partial charge in [0.2, 0.25) is 0 Å². The van der Waals surface area contributed by atoms with Gasteiger partial charge in [0, 0.05) is 6.61 Å². The van der Waals surface area contributed by atoms with E-state index >= 15 is 0 Å². The van der Waals surface area contributed by atoms with Crippen LogP contribution in [-0.2, 0) is 4.74 Å². The highest BCUT2D eigenvalue weighted by atomic mass is 16.5. The molecule has 3 rings (SSSR count). The van der Waals surface area contributed by atoms with E-state index in [2.05, 4.69) is 30.3 Å². The number of benzene rings is 1. The third-order valence-corrected chi connectivity index (χ3v) is 5.34. The summed E-state index contributed by atoms with van der Waals surface area (Å²) >= 11 is 0. The van der Waals surface area contributed by atoms with Gasteiger partial charge in [-0.15, -0.1) is 0 Å². The molecular weight excluding hydrogens is 260 g/mol. The van der Waals surface area contributed by atoms with Crippen molar-refractivity contribution in [3.05, 3.63) is 35.9 Å². The van der Waals surface area contributed by atoms with Crippen molar-refractivity contribution in [3.8, 4) is 0 Å². The number of hydrogen-bond acceptors (Lipinski definition) is 2. The molecule has 2 nitrogen and oxygen atoms in total. The highest BCUT2D eigenvalue weighted by molar-refractivity contribution is 5.20. The Kier molecular flexibility index (Phi) is 5.32. The van der Waals surface area contributed by atoms with Gasteiger partial charge in [0.05, 0.1) is 12.2 Å². The Bertz CT molecular complexity index is 411. The van der Waals surface area contributed by atoms with Crippen molar-refractivity contribution in [2.45, 2.75) is 69.5 Å². The zero-order valence-corrected chi connectivity index (χ0v) is 12.9. The van der Waals surface area contributed by atoms with E-state index in [1.165, 1.54) is 31.2 Å². The van der Waals surface area contributed by atoms with Gasteiger partial charge in [-0.1, -0.05) is 36.8 Å². The van der Waals surface area contributed by atoms with Gasteiger partial charge < -0.3 is 9.84 Å². The Labute approximate surface area is 128 Å². The van der Waals surface area contributed by atoms with E-state index in [1.54, 1.807) is 0 Å². The van der Waals surface area contributed by atoms with Crippen LogP contribution in [-0.4, -0.2) is 23.9 Å². The molecule has 1 saturated carbocycles. The molecule has 1 aromatic rings. The molecule has 1 aliphatic carbocycles. The van der Waals surface area contributed by atoms with Crippen molar-refractivity contribution in [1.29, 1.82) is 0 Å². The molecule has 2 aliphatic rings. The smallest absolute Gasteiger partial charge is 0.0576 e. The summed E-state index contributed by atoms with van der Waals surface area (Å²) < 4.78 is 5.70. The van der Waals surface area contributed by atoms with Crippen LogP contribution in [0.4, 0.5) is 0 Å². The molecule has 1 N–H and O–H groups in total. The minimum atomic E-state index is -0.0885. The molecular formula is C19H28O2. The fraction of sp³-hybridized carbons (Fsp3) is 0.684. The number of rotatable bonds is 5. The first-order valence-corrected chi connectivity index (χ1v) is 8.67. The Morgan fingerprint density at radius 2 is 1.90 bits per heavy atom. The Hall–Kier alpha value is -0.860. The number of ether oxygens (including phenoxy) is 1. The van der Waals surface area contributed by atoms with Crippen molar-refractivity contribution in [1.82, 2.24) is 0 Å². The van der Waals surface area contributed by atoms with Crippen LogP contribution >= 0.6 is 0 Å². The predicted octanol–water partition coefficient (Wildman–Crippen LogP) is 4.28. The average Bonchev–Trinajstić information content (AvgIpc) is 3.03. The van der Waals surface area contributed by atoms with E-state index in [1.807, 2.05) is 0 Å². The van der Waals surface area contributed by atoms with Crippen LogP contribution in [0.1, 0.15) is 62.8 Å². The van der Waals surface area contributed by atoms with Crippen LogP contribution in [0, 0.1) is 5.92 Å². The molecule has 0 spiro atoms. The monoisotopic (exact) mass is 288 g/mol. The van der Waals surface area contributed by atoms with Crippen LogP contribution < -0.4 is 0 Å². The molecule has 1 aliphatic heterocycles. The highest BCUT2D eigenvalue weighted by Crippen LogP contribution is 2.38. The predicted molar refractivity (Wildman–Crippen MR) is 85.4 cm³/mol. The van der Waals surface area contributed by atoms with Gasteiger partial charge in [-0.05, 0) is 62.3 Å². The van der Waals surface area contributed by atoms with Gasteiger partial charge in [-0.2, -0.15) is 0 Å². The SMILES string of the molecule is OC1CCC(c2ccccc2)CC1CCCC1CCCO1. The first-order valence-electron chi connectivity index (χ1n) is 8.67. The summed E-state index contributed by atoms with van der Waals surface area (Å²) in [5.41, 5.74) is 1.45. The van der Waals surface area contributed by atoms with E-state index in [4.69, 9.17) is 4.74 Å². The lowest BCUT2D eigenvalue weighted by atomic mass is 9.74. The molecule has 0 radical (unpaired) electrons. The van der Waals surface area contributed by atoms with Gasteiger partial charge in [-0.3, -0.25) is 0 Å². The normalized spacial score (nSPS) is 33.2. The van der Waals surface area contributed by atoms with Crippen molar-refractivity contribution < 1.29 is 9.84 Å². The van der Waals surface area contributed by atoms with Gasteiger partial charge in [-0.25, -0.2) is 0 Å². The van der Waals surface area contributed by atoms with Crippen molar-refractivity contribution in [2.75, 3.05) is 6.61 Å². The second kappa shape index (κ2) is 7.42. The Balaban J connectivity index is 1.49. The molecule has 2 heteroatoms. The van der Waals surface area contributed by atoms with Crippen LogP contribution in [0.25, 0.3) is 0 Å². The fourth-order valence-electron chi connectivity index (χ4n) is 4.07. The quantitative estimate of drug-likeness (QED) is 0.876. The van der Waals surface area contributed by atoms with E-state index < -0.39 is 0 Å². The van der Waals surface area contributed by atoms with Crippen LogP contribution in [0.5, 0.6) is 0 Å². The summed E-state index contributed by atoms with van der Waals surface area (Å²) in [6, 6.07) is 10.8. The number of aliphatic hydroxyl groups excluding tert-OH is 1. The Morgan fingerprint density at radius 3 is 2.67 bits per heavy atom. The molecule has 1 heterocycles. The summed E-state index contributed by atoms with van der Waals surface area (Å²) in [5, 5.41) is 10.3. The van der Waals surface area contributed by atoms with Gasteiger partial charge in [0.25, 0.3) is 0 Å². The number of hydrogen-bond donors (Lipinski definition) is 1. The van der Waals surface area contributed by atoms with E-state index in [-0.39, 0.29) is 6.10 Å². The first-order chi connectivity index (χ1) is 10.3. The molecule has 1 aromatic carbocycles. The summed E-state index contributed by atoms with van der Waals surface area (Å²) in [6.07, 6.45) is 9.66. The van der Waals surface area contributed by atoms with Crippen molar-refractivity contribution in [3.63, 3.8) is 0 Å². The molecule has 4 unspecified atom stereocenters. The maximum atomic E-state index is 10.3. The van der Waals surface area contributed by atoms with Crippen molar-refractivity contribution in [2.24, 2.45) is 5.92 Å². The maximum absolute atomic E-state index is 10.3. The molecule has 1 saturated heterocycles. The summed E-state index contributed by atoms with van der Waals surface area (Å²) in [6.45, 7) is 0.951. The largest absolute Gasteiger partial charge is 0.393 e. The summed E-state index contributed by atoms with van der Waals surface area (Å²) in [4.78, 5) is 0. The molecule has 0 bridgehead atoms. The van der Waals surface area contributed by atoms with Crippen molar-refractivity contribution >= 4 is 0 Å². The lowest BCUT2D eigenvalue weighted by molar-refractivity contribution is 0.0508. The molecule has 4 atom stereocenters. The molecule has 2 fully saturated rings. The summed E-state index contributed by atoms with van der Waals surface area (Å²) in [5.74, 6) is 1.12. The minimum absolute atomic E-state index is 0.0885. The van der Waals surface area contributed by atoms with E-state index in [0.717, 1.165) is 32.3 Å².